The summed E-state index contributed by atoms with van der Waals surface area (Å²) in [5, 5.41) is 7.68. The van der Waals surface area contributed by atoms with Gasteiger partial charge >= 0.3 is 6.09 Å². The van der Waals surface area contributed by atoms with E-state index in [2.05, 4.69) is 40.3 Å². The number of carbonyl (C=O) groups excluding carboxylic acids is 2. The molecule has 0 radical (unpaired) electrons. The summed E-state index contributed by atoms with van der Waals surface area (Å²) in [5.74, 6) is 1.41. The van der Waals surface area contributed by atoms with Crippen LogP contribution in [0.5, 0.6) is 0 Å². The molecule has 4 heterocycles. The second-order valence-electron chi connectivity index (χ2n) is 14.5. The molecule has 4 aromatic rings. The maximum atomic E-state index is 13.1. The fraction of sp³-hybridized carbons (Fsp3) is 0.514. The molecule has 2 saturated heterocycles. The van der Waals surface area contributed by atoms with Gasteiger partial charge in [-0.15, -0.1) is 0 Å². The Kier molecular flexibility index (Phi) is 9.68. The van der Waals surface area contributed by atoms with Crippen LogP contribution in [0.15, 0.2) is 54.9 Å². The maximum Gasteiger partial charge on any atom is 0.410 e. The van der Waals surface area contributed by atoms with Gasteiger partial charge in [-0.05, 0) is 122 Å². The van der Waals surface area contributed by atoms with Gasteiger partial charge < -0.3 is 19.9 Å². The standard InChI is InChI=1S/C37H49N7O3/c1-25-7-6-18-43(25)24-34-40-32-15-14-31(21-33(32)41-34)39-35(45)29-12-10-28(11-13-29)30-22-38-44(23-30)26(2)8-9-27-16-19-42(20-17-27)36(46)47-37(3,4)5/h10-15,21-23,25-27H,6-9,16-20,24H2,1-5H3,(H,39,45)(H,40,41)/t25-,26?/m0/s1. The summed E-state index contributed by atoms with van der Waals surface area (Å²) in [6.45, 7) is 13.6. The molecule has 2 aromatic carbocycles. The Morgan fingerprint density at radius 2 is 1.81 bits per heavy atom. The predicted octanol–water partition coefficient (Wildman–Crippen LogP) is 7.65. The molecule has 250 valence electrons. The fourth-order valence-electron chi connectivity index (χ4n) is 6.72. The molecule has 2 aromatic heterocycles. The molecule has 0 spiro atoms. The Labute approximate surface area is 277 Å². The zero-order chi connectivity index (χ0) is 33.1. The molecule has 0 bridgehead atoms. The van der Waals surface area contributed by atoms with Crippen LogP contribution < -0.4 is 5.32 Å². The largest absolute Gasteiger partial charge is 0.444 e. The lowest BCUT2D eigenvalue weighted by Crippen LogP contribution is -2.41. The fourth-order valence-corrected chi connectivity index (χ4v) is 6.72. The highest BCUT2D eigenvalue weighted by Crippen LogP contribution is 2.28. The van der Waals surface area contributed by atoms with Crippen molar-refractivity contribution in [3.8, 4) is 11.1 Å². The number of aromatic amines is 1. The van der Waals surface area contributed by atoms with Crippen LogP contribution in [0.2, 0.25) is 0 Å². The number of hydrogen-bond acceptors (Lipinski definition) is 6. The molecule has 1 unspecified atom stereocenters. The first kappa shape index (κ1) is 32.7. The van der Waals surface area contributed by atoms with E-state index in [1.807, 2.05) is 79.0 Å². The molecule has 2 aliphatic heterocycles. The Balaban J connectivity index is 0.985. The summed E-state index contributed by atoms with van der Waals surface area (Å²) in [7, 11) is 0. The molecule has 2 fully saturated rings. The molecule has 0 saturated carbocycles. The van der Waals surface area contributed by atoms with Crippen LogP contribution >= 0.6 is 0 Å². The van der Waals surface area contributed by atoms with Crippen molar-refractivity contribution in [3.63, 3.8) is 0 Å². The number of aromatic nitrogens is 4. The summed E-state index contributed by atoms with van der Waals surface area (Å²) < 4.78 is 7.57. The van der Waals surface area contributed by atoms with Gasteiger partial charge in [0.1, 0.15) is 11.4 Å². The number of carbonyl (C=O) groups is 2. The van der Waals surface area contributed by atoms with E-state index in [1.165, 1.54) is 12.8 Å². The summed E-state index contributed by atoms with van der Waals surface area (Å²) in [6, 6.07) is 14.3. The third-order valence-electron chi connectivity index (χ3n) is 9.63. The van der Waals surface area contributed by atoms with Crippen LogP contribution in [0.1, 0.15) is 95.4 Å². The summed E-state index contributed by atoms with van der Waals surface area (Å²) >= 11 is 0. The molecule has 47 heavy (non-hydrogen) atoms. The van der Waals surface area contributed by atoms with E-state index in [0.717, 1.165) is 85.5 Å². The van der Waals surface area contributed by atoms with Crippen molar-refractivity contribution in [2.75, 3.05) is 25.0 Å². The molecule has 2 N–H and O–H groups in total. The van der Waals surface area contributed by atoms with Gasteiger partial charge in [0.25, 0.3) is 5.91 Å². The van der Waals surface area contributed by atoms with Gasteiger partial charge in [0.05, 0.1) is 23.8 Å². The number of hydrogen-bond donors (Lipinski definition) is 2. The number of anilines is 1. The van der Waals surface area contributed by atoms with Crippen molar-refractivity contribution in [1.29, 1.82) is 0 Å². The number of fused-ring (bicyclic) bond motifs is 1. The lowest BCUT2D eigenvalue weighted by molar-refractivity contribution is 0.0179. The third-order valence-corrected chi connectivity index (χ3v) is 9.63. The highest BCUT2D eigenvalue weighted by atomic mass is 16.6. The van der Waals surface area contributed by atoms with Crippen LogP contribution in [-0.4, -0.2) is 72.8 Å². The van der Waals surface area contributed by atoms with Gasteiger partial charge in [-0.25, -0.2) is 9.78 Å². The third kappa shape index (κ3) is 8.22. The molecule has 10 nitrogen and oxygen atoms in total. The zero-order valence-corrected chi connectivity index (χ0v) is 28.5. The summed E-state index contributed by atoms with van der Waals surface area (Å²) in [5.41, 5.74) is 4.74. The maximum absolute atomic E-state index is 13.1. The number of H-pyrrole nitrogens is 1. The van der Waals surface area contributed by atoms with Crippen LogP contribution in [0.3, 0.4) is 0 Å². The highest BCUT2D eigenvalue weighted by molar-refractivity contribution is 6.05. The lowest BCUT2D eigenvalue weighted by Gasteiger charge is -2.33. The molecular weight excluding hydrogens is 590 g/mol. The smallest absolute Gasteiger partial charge is 0.410 e. The number of likely N-dealkylation sites (tertiary alicyclic amines) is 2. The topological polar surface area (TPSA) is 108 Å². The number of amides is 2. The van der Waals surface area contributed by atoms with Gasteiger partial charge in [-0.3, -0.25) is 14.4 Å². The summed E-state index contributed by atoms with van der Waals surface area (Å²) in [6.07, 6.45) is 10.4. The van der Waals surface area contributed by atoms with Crippen LogP contribution in [0.4, 0.5) is 10.5 Å². The minimum atomic E-state index is -0.462. The van der Waals surface area contributed by atoms with Crippen LogP contribution in [0, 0.1) is 5.92 Å². The van der Waals surface area contributed by atoms with E-state index >= 15 is 0 Å². The number of imidazole rings is 1. The minimum Gasteiger partial charge on any atom is -0.444 e. The molecule has 0 aliphatic carbocycles. The first-order chi connectivity index (χ1) is 22.5. The minimum absolute atomic E-state index is 0.154. The number of rotatable bonds is 9. The normalized spacial score (nSPS) is 18.5. The predicted molar refractivity (Wildman–Crippen MR) is 185 cm³/mol. The van der Waals surface area contributed by atoms with E-state index < -0.39 is 5.60 Å². The monoisotopic (exact) mass is 639 g/mol. The van der Waals surface area contributed by atoms with Gasteiger partial charge in [0, 0.05) is 48.2 Å². The van der Waals surface area contributed by atoms with E-state index in [-0.39, 0.29) is 18.0 Å². The van der Waals surface area contributed by atoms with Gasteiger partial charge in [0.2, 0.25) is 0 Å². The van der Waals surface area contributed by atoms with Crippen molar-refractivity contribution >= 4 is 28.7 Å². The highest BCUT2D eigenvalue weighted by Gasteiger charge is 2.27. The van der Waals surface area contributed by atoms with E-state index in [4.69, 9.17) is 9.72 Å². The lowest BCUT2D eigenvalue weighted by atomic mass is 9.91. The number of nitrogens with one attached hydrogen (secondary N) is 2. The average molecular weight is 640 g/mol. The molecular formula is C37H49N7O3. The van der Waals surface area contributed by atoms with Crippen LogP contribution in [0.25, 0.3) is 22.2 Å². The van der Waals surface area contributed by atoms with E-state index in [0.29, 0.717) is 17.5 Å². The van der Waals surface area contributed by atoms with Gasteiger partial charge in [-0.2, -0.15) is 5.10 Å². The summed E-state index contributed by atoms with van der Waals surface area (Å²) in [4.78, 5) is 38.0. The van der Waals surface area contributed by atoms with Crippen molar-refractivity contribution < 1.29 is 14.3 Å². The first-order valence-corrected chi connectivity index (χ1v) is 17.2. The number of benzene rings is 2. The molecule has 2 amide bonds. The Hall–Kier alpha value is -4.18. The van der Waals surface area contributed by atoms with Crippen molar-refractivity contribution in [3.05, 3.63) is 66.2 Å². The van der Waals surface area contributed by atoms with Crippen molar-refractivity contribution in [1.82, 2.24) is 29.5 Å². The van der Waals surface area contributed by atoms with Gasteiger partial charge in [-0.1, -0.05) is 12.1 Å². The Morgan fingerprint density at radius 1 is 1.04 bits per heavy atom. The molecule has 6 rings (SSSR count). The Morgan fingerprint density at radius 3 is 2.51 bits per heavy atom. The number of piperidine rings is 1. The SMILES string of the molecule is CC(CCC1CCN(C(=O)OC(C)(C)C)CC1)n1cc(-c2ccc(C(=O)Nc3ccc4[nH]c(CN5CCC[C@@H]5C)nc4c3)cc2)cn1. The second-order valence-corrected chi connectivity index (χ2v) is 14.5. The van der Waals surface area contributed by atoms with E-state index in [1.54, 1.807) is 0 Å². The Bertz CT molecular complexity index is 1680. The number of nitrogens with zero attached hydrogens (tertiary/aromatic N) is 5. The van der Waals surface area contributed by atoms with Crippen molar-refractivity contribution in [2.24, 2.45) is 5.92 Å². The second kappa shape index (κ2) is 13.9. The average Bonchev–Trinajstić information content (AvgIpc) is 3.79. The van der Waals surface area contributed by atoms with Crippen LogP contribution in [-0.2, 0) is 11.3 Å². The first-order valence-electron chi connectivity index (χ1n) is 17.2. The number of ether oxygens (including phenoxy) is 1. The molecule has 2 aliphatic rings. The molecule has 10 heteroatoms. The zero-order valence-electron chi connectivity index (χ0n) is 28.5. The van der Waals surface area contributed by atoms with E-state index in [9.17, 15) is 9.59 Å². The quantitative estimate of drug-likeness (QED) is 0.195. The van der Waals surface area contributed by atoms with Crippen molar-refractivity contribution in [2.45, 2.75) is 97.4 Å². The van der Waals surface area contributed by atoms with Gasteiger partial charge in [0.15, 0.2) is 0 Å². The molecule has 2 atom stereocenters.